The molecule has 0 saturated heterocycles. The van der Waals surface area contributed by atoms with Gasteiger partial charge in [0.05, 0.1) is 5.41 Å². The molecule has 2 heteroatoms. The lowest BCUT2D eigenvalue weighted by Crippen LogP contribution is -2.42. The number of benzene rings is 1. The zero-order chi connectivity index (χ0) is 15.1. The van der Waals surface area contributed by atoms with Crippen molar-refractivity contribution in [1.29, 1.82) is 0 Å². The molecule has 0 radical (unpaired) electrons. The molecule has 2 fully saturated rings. The molecule has 2 aliphatic carbocycles. The highest BCUT2D eigenvalue weighted by molar-refractivity contribution is 5.87. The fourth-order valence-corrected chi connectivity index (χ4v) is 4.28. The number of hydrogen-bond acceptors (Lipinski definition) is 1. The Morgan fingerprint density at radius 3 is 2.67 bits per heavy atom. The molecule has 0 aliphatic heterocycles. The summed E-state index contributed by atoms with van der Waals surface area (Å²) in [5.74, 6) is 0.835. The van der Waals surface area contributed by atoms with E-state index in [4.69, 9.17) is 0 Å². The van der Waals surface area contributed by atoms with Crippen LogP contribution in [0.4, 0.5) is 0 Å². The molecule has 0 heterocycles. The van der Waals surface area contributed by atoms with Crippen LogP contribution in [0.2, 0.25) is 0 Å². The van der Waals surface area contributed by atoms with Crippen LogP contribution in [0.25, 0.3) is 0 Å². The first kappa shape index (κ1) is 14.4. The van der Waals surface area contributed by atoms with Gasteiger partial charge in [-0.3, -0.25) is 4.79 Å². The molecule has 0 unspecified atom stereocenters. The number of carbonyl (C=O) groups excluding carboxylic acids is 1. The summed E-state index contributed by atoms with van der Waals surface area (Å²) in [7, 11) is 0. The first-order valence-corrected chi connectivity index (χ1v) is 7.99. The first-order chi connectivity index (χ1) is 9.97. The van der Waals surface area contributed by atoms with Crippen LogP contribution < -0.4 is 5.32 Å². The fourth-order valence-electron chi connectivity index (χ4n) is 4.28. The molecule has 2 bridgehead atoms. The summed E-state index contributed by atoms with van der Waals surface area (Å²) in [5.41, 5.74) is 2.26. The maximum atomic E-state index is 12.7. The molecule has 2 aliphatic rings. The van der Waals surface area contributed by atoms with Crippen LogP contribution in [0.1, 0.15) is 38.7 Å². The predicted molar refractivity (Wildman–Crippen MR) is 85.9 cm³/mol. The quantitative estimate of drug-likeness (QED) is 0.838. The second-order valence-electron chi connectivity index (χ2n) is 7.21. The molecule has 3 rings (SSSR count). The Hall–Kier alpha value is -1.57. The summed E-state index contributed by atoms with van der Waals surface area (Å²) >= 11 is 0. The van der Waals surface area contributed by atoms with E-state index in [1.54, 1.807) is 0 Å². The first-order valence-electron chi connectivity index (χ1n) is 7.99. The monoisotopic (exact) mass is 283 g/mol. The van der Waals surface area contributed by atoms with Gasteiger partial charge >= 0.3 is 0 Å². The molecule has 2 nitrogen and oxygen atoms in total. The molecule has 1 aromatic rings. The van der Waals surface area contributed by atoms with E-state index in [9.17, 15) is 4.79 Å². The summed E-state index contributed by atoms with van der Waals surface area (Å²) in [4.78, 5) is 12.7. The second kappa shape index (κ2) is 5.01. The lowest BCUT2D eigenvalue weighted by atomic mass is 9.68. The standard InChI is InChI=1S/C19H25NO/c1-14-18(2,3)16-9-11-19(14,13-16)17(21)20-12-10-15-7-5-4-6-8-15/h4-8,16H,1,9-13H2,2-3H3,(H,20,21)/t16-,19-/m0/s1. The molecule has 0 spiro atoms. The number of amides is 1. The molecular formula is C19H25NO. The third-order valence-electron chi connectivity index (χ3n) is 5.87. The van der Waals surface area contributed by atoms with Gasteiger partial charge in [0.25, 0.3) is 0 Å². The summed E-state index contributed by atoms with van der Waals surface area (Å²) in [6.07, 6.45) is 4.03. The smallest absolute Gasteiger partial charge is 0.230 e. The van der Waals surface area contributed by atoms with Gasteiger partial charge in [-0.05, 0) is 42.6 Å². The van der Waals surface area contributed by atoms with Crippen LogP contribution in [-0.2, 0) is 11.2 Å². The van der Waals surface area contributed by atoms with E-state index in [1.165, 1.54) is 5.56 Å². The van der Waals surface area contributed by atoms with E-state index < -0.39 is 0 Å². The lowest BCUT2D eigenvalue weighted by Gasteiger charge is -2.37. The van der Waals surface area contributed by atoms with Crippen molar-refractivity contribution in [2.45, 2.75) is 39.5 Å². The third-order valence-corrected chi connectivity index (χ3v) is 5.87. The van der Waals surface area contributed by atoms with Crippen molar-refractivity contribution in [2.75, 3.05) is 6.54 Å². The number of rotatable bonds is 4. The van der Waals surface area contributed by atoms with E-state index in [1.807, 2.05) is 18.2 Å². The van der Waals surface area contributed by atoms with Crippen molar-refractivity contribution in [3.63, 3.8) is 0 Å². The maximum Gasteiger partial charge on any atom is 0.230 e. The van der Waals surface area contributed by atoms with Crippen molar-refractivity contribution >= 4 is 5.91 Å². The minimum atomic E-state index is -0.287. The topological polar surface area (TPSA) is 29.1 Å². The number of fused-ring (bicyclic) bond motifs is 2. The van der Waals surface area contributed by atoms with E-state index >= 15 is 0 Å². The summed E-state index contributed by atoms with van der Waals surface area (Å²) in [5, 5.41) is 3.16. The molecular weight excluding hydrogens is 258 g/mol. The fraction of sp³-hybridized carbons (Fsp3) is 0.526. The van der Waals surface area contributed by atoms with Gasteiger partial charge < -0.3 is 5.32 Å². The summed E-state index contributed by atoms with van der Waals surface area (Å²) in [6.45, 7) is 9.50. The van der Waals surface area contributed by atoms with Gasteiger partial charge in [0.1, 0.15) is 0 Å². The highest BCUT2D eigenvalue weighted by atomic mass is 16.2. The largest absolute Gasteiger partial charge is 0.355 e. The summed E-state index contributed by atoms with van der Waals surface area (Å²) < 4.78 is 0. The number of hydrogen-bond donors (Lipinski definition) is 1. The molecule has 2 atom stereocenters. The predicted octanol–water partition coefficient (Wildman–Crippen LogP) is 3.73. The maximum absolute atomic E-state index is 12.7. The van der Waals surface area contributed by atoms with Gasteiger partial charge in [0, 0.05) is 6.54 Å². The molecule has 1 aromatic carbocycles. The minimum Gasteiger partial charge on any atom is -0.355 e. The Bertz CT molecular complexity index is 560. The zero-order valence-electron chi connectivity index (χ0n) is 13.1. The van der Waals surface area contributed by atoms with Crippen LogP contribution in [0, 0.1) is 16.7 Å². The Kier molecular flexibility index (Phi) is 3.43. The van der Waals surface area contributed by atoms with Gasteiger partial charge in [-0.15, -0.1) is 0 Å². The van der Waals surface area contributed by atoms with Gasteiger partial charge in [0.15, 0.2) is 0 Å². The normalized spacial score (nSPS) is 29.6. The number of carbonyl (C=O) groups is 1. The van der Waals surface area contributed by atoms with Crippen molar-refractivity contribution < 1.29 is 4.79 Å². The van der Waals surface area contributed by atoms with Gasteiger partial charge in [-0.1, -0.05) is 56.3 Å². The van der Waals surface area contributed by atoms with Gasteiger partial charge in [0.2, 0.25) is 5.91 Å². The zero-order valence-corrected chi connectivity index (χ0v) is 13.1. The van der Waals surface area contributed by atoms with Gasteiger partial charge in [-0.2, -0.15) is 0 Å². The average molecular weight is 283 g/mol. The van der Waals surface area contributed by atoms with E-state index in [0.717, 1.165) is 31.3 Å². The van der Waals surface area contributed by atoms with Crippen molar-refractivity contribution in [1.82, 2.24) is 5.32 Å². The molecule has 1 N–H and O–H groups in total. The third kappa shape index (κ3) is 2.21. The van der Waals surface area contributed by atoms with Crippen LogP contribution >= 0.6 is 0 Å². The highest BCUT2D eigenvalue weighted by Crippen LogP contribution is 2.65. The lowest BCUT2D eigenvalue weighted by molar-refractivity contribution is -0.128. The Labute approximate surface area is 127 Å². The van der Waals surface area contributed by atoms with E-state index in [0.29, 0.717) is 12.5 Å². The van der Waals surface area contributed by atoms with Crippen LogP contribution in [0.5, 0.6) is 0 Å². The molecule has 2 saturated carbocycles. The molecule has 112 valence electrons. The molecule has 21 heavy (non-hydrogen) atoms. The van der Waals surface area contributed by atoms with E-state index in [-0.39, 0.29) is 16.7 Å². The van der Waals surface area contributed by atoms with Gasteiger partial charge in [-0.25, -0.2) is 0 Å². The second-order valence-corrected chi connectivity index (χ2v) is 7.21. The van der Waals surface area contributed by atoms with Crippen LogP contribution in [0.15, 0.2) is 42.5 Å². The van der Waals surface area contributed by atoms with Crippen molar-refractivity contribution in [3.8, 4) is 0 Å². The average Bonchev–Trinajstić information content (AvgIpc) is 3.00. The highest BCUT2D eigenvalue weighted by Gasteiger charge is 2.60. The molecule has 1 amide bonds. The van der Waals surface area contributed by atoms with Crippen molar-refractivity contribution in [3.05, 3.63) is 48.0 Å². The van der Waals surface area contributed by atoms with Crippen LogP contribution in [0.3, 0.4) is 0 Å². The Morgan fingerprint density at radius 1 is 1.33 bits per heavy atom. The number of nitrogens with one attached hydrogen (secondary N) is 1. The SMILES string of the molecule is C=C1C(C)(C)[C@H]2CC[C@]1(C(=O)NCCc1ccccc1)C2. The Morgan fingerprint density at radius 2 is 2.05 bits per heavy atom. The van der Waals surface area contributed by atoms with E-state index in [2.05, 4.69) is 37.9 Å². The minimum absolute atomic E-state index is 0.120. The van der Waals surface area contributed by atoms with Crippen LogP contribution in [-0.4, -0.2) is 12.5 Å². The Balaban J connectivity index is 1.62. The summed E-state index contributed by atoms with van der Waals surface area (Å²) in [6, 6.07) is 10.3. The van der Waals surface area contributed by atoms with Crippen molar-refractivity contribution in [2.24, 2.45) is 16.7 Å². The molecule has 0 aromatic heterocycles.